The predicted octanol–water partition coefficient (Wildman–Crippen LogP) is 0.825. The number of nitrogens with zero attached hydrogens (tertiary/aromatic N) is 3. The number of nitro groups is 1. The van der Waals surface area contributed by atoms with E-state index in [0.29, 0.717) is 6.61 Å². The molecular formula is C7H10N4O3. The lowest BCUT2D eigenvalue weighted by atomic mass is 10.4. The van der Waals surface area contributed by atoms with Crippen molar-refractivity contribution in [3.05, 3.63) is 16.4 Å². The first-order valence-electron chi connectivity index (χ1n) is 4.00. The molecule has 0 amide bonds. The molecule has 0 spiro atoms. The Bertz CT molecular complexity index is 342. The third kappa shape index (κ3) is 1.87. The van der Waals surface area contributed by atoms with Crippen LogP contribution in [0.1, 0.15) is 6.92 Å². The standard InChI is InChI=1S/C7H10N4O3/c1-3-14-7-5(11(12)13)6(8-2)9-4-10-7/h4H,3H2,1-2H3,(H,8,9,10). The maximum atomic E-state index is 10.7. The van der Waals surface area contributed by atoms with Crippen molar-refractivity contribution in [2.45, 2.75) is 6.92 Å². The SMILES string of the molecule is CCOc1ncnc(NC)c1[N+](=O)[O-]. The summed E-state index contributed by atoms with van der Waals surface area (Å²) in [5, 5.41) is 13.3. The number of hydrogen-bond donors (Lipinski definition) is 1. The van der Waals surface area contributed by atoms with Gasteiger partial charge in [-0.2, -0.15) is 4.98 Å². The topological polar surface area (TPSA) is 90.2 Å². The molecule has 0 radical (unpaired) electrons. The molecule has 7 heteroatoms. The van der Waals surface area contributed by atoms with Crippen molar-refractivity contribution in [1.82, 2.24) is 9.97 Å². The molecule has 14 heavy (non-hydrogen) atoms. The van der Waals surface area contributed by atoms with Crippen LogP contribution in [0.15, 0.2) is 6.33 Å². The van der Waals surface area contributed by atoms with E-state index >= 15 is 0 Å². The fraction of sp³-hybridized carbons (Fsp3) is 0.429. The molecular weight excluding hydrogens is 188 g/mol. The molecule has 1 aromatic rings. The van der Waals surface area contributed by atoms with Gasteiger partial charge in [-0.05, 0) is 6.92 Å². The van der Waals surface area contributed by atoms with Crippen LogP contribution in [0.3, 0.4) is 0 Å². The van der Waals surface area contributed by atoms with Gasteiger partial charge in [0.15, 0.2) is 0 Å². The lowest BCUT2D eigenvalue weighted by molar-refractivity contribution is -0.385. The molecule has 7 nitrogen and oxygen atoms in total. The van der Waals surface area contributed by atoms with E-state index in [1.54, 1.807) is 14.0 Å². The van der Waals surface area contributed by atoms with Gasteiger partial charge in [-0.25, -0.2) is 4.98 Å². The Morgan fingerprint density at radius 3 is 2.86 bits per heavy atom. The van der Waals surface area contributed by atoms with Gasteiger partial charge >= 0.3 is 5.69 Å². The van der Waals surface area contributed by atoms with Gasteiger partial charge in [0.1, 0.15) is 6.33 Å². The molecule has 0 aromatic carbocycles. The first kappa shape index (κ1) is 10.2. The Labute approximate surface area is 80.3 Å². The van der Waals surface area contributed by atoms with Gasteiger partial charge in [0.05, 0.1) is 11.5 Å². The highest BCUT2D eigenvalue weighted by Crippen LogP contribution is 2.29. The highest BCUT2D eigenvalue weighted by Gasteiger charge is 2.22. The summed E-state index contributed by atoms with van der Waals surface area (Å²) in [5.41, 5.74) is -0.239. The highest BCUT2D eigenvalue weighted by atomic mass is 16.6. The number of rotatable bonds is 4. The van der Waals surface area contributed by atoms with Crippen LogP contribution in [0, 0.1) is 10.1 Å². The van der Waals surface area contributed by atoms with Crippen molar-refractivity contribution in [2.75, 3.05) is 19.0 Å². The van der Waals surface area contributed by atoms with E-state index in [-0.39, 0.29) is 17.4 Å². The molecule has 0 aliphatic carbocycles. The zero-order valence-electron chi connectivity index (χ0n) is 7.85. The van der Waals surface area contributed by atoms with E-state index in [9.17, 15) is 10.1 Å². The minimum Gasteiger partial charge on any atom is -0.473 e. The van der Waals surface area contributed by atoms with Crippen LogP contribution in [-0.2, 0) is 0 Å². The number of aromatic nitrogens is 2. The first-order valence-corrected chi connectivity index (χ1v) is 4.00. The van der Waals surface area contributed by atoms with Crippen LogP contribution < -0.4 is 10.1 Å². The maximum absolute atomic E-state index is 10.7. The first-order chi connectivity index (χ1) is 6.70. The molecule has 1 rings (SSSR count). The zero-order chi connectivity index (χ0) is 10.6. The van der Waals surface area contributed by atoms with Crippen LogP contribution in [0.5, 0.6) is 5.88 Å². The van der Waals surface area contributed by atoms with Crippen LogP contribution in [0.25, 0.3) is 0 Å². The van der Waals surface area contributed by atoms with Gasteiger partial charge in [-0.15, -0.1) is 0 Å². The van der Waals surface area contributed by atoms with Gasteiger partial charge in [-0.3, -0.25) is 10.1 Å². The minimum atomic E-state index is -0.573. The molecule has 1 N–H and O–H groups in total. The Kier molecular flexibility index (Phi) is 3.16. The molecule has 0 aliphatic rings. The number of ether oxygens (including phenoxy) is 1. The quantitative estimate of drug-likeness (QED) is 0.569. The summed E-state index contributed by atoms with van der Waals surface area (Å²) in [6.45, 7) is 2.05. The normalized spacial score (nSPS) is 9.57. The van der Waals surface area contributed by atoms with Crippen LogP contribution in [0.4, 0.5) is 11.5 Å². The number of hydrogen-bond acceptors (Lipinski definition) is 6. The molecule has 0 saturated carbocycles. The summed E-state index contributed by atoms with van der Waals surface area (Å²) in [4.78, 5) is 17.5. The summed E-state index contributed by atoms with van der Waals surface area (Å²) in [5.74, 6) is 0.130. The molecule has 0 aliphatic heterocycles. The Balaban J connectivity index is 3.20. The molecule has 0 atom stereocenters. The second-order valence-corrected chi connectivity index (χ2v) is 2.32. The van der Waals surface area contributed by atoms with Crippen LogP contribution in [0.2, 0.25) is 0 Å². The van der Waals surface area contributed by atoms with Crippen molar-refractivity contribution in [3.8, 4) is 5.88 Å². The van der Waals surface area contributed by atoms with E-state index < -0.39 is 4.92 Å². The summed E-state index contributed by atoms with van der Waals surface area (Å²) in [7, 11) is 1.55. The van der Waals surface area contributed by atoms with Crippen molar-refractivity contribution < 1.29 is 9.66 Å². The lowest BCUT2D eigenvalue weighted by Gasteiger charge is -2.04. The molecule has 76 valence electrons. The summed E-state index contributed by atoms with van der Waals surface area (Å²) < 4.78 is 5.01. The van der Waals surface area contributed by atoms with E-state index in [0.717, 1.165) is 0 Å². The van der Waals surface area contributed by atoms with E-state index in [1.165, 1.54) is 6.33 Å². The molecule has 0 unspecified atom stereocenters. The van der Waals surface area contributed by atoms with Crippen molar-refractivity contribution >= 4 is 11.5 Å². The molecule has 0 saturated heterocycles. The Hall–Kier alpha value is -1.92. The fourth-order valence-corrected chi connectivity index (χ4v) is 0.952. The fourth-order valence-electron chi connectivity index (χ4n) is 0.952. The van der Waals surface area contributed by atoms with Gasteiger partial charge in [0.25, 0.3) is 5.88 Å². The average molecular weight is 198 g/mol. The predicted molar refractivity (Wildman–Crippen MR) is 49.4 cm³/mol. The van der Waals surface area contributed by atoms with Gasteiger partial charge in [0, 0.05) is 7.05 Å². The molecule has 0 fully saturated rings. The van der Waals surface area contributed by atoms with E-state index in [1.807, 2.05) is 0 Å². The Morgan fingerprint density at radius 2 is 2.36 bits per heavy atom. The van der Waals surface area contributed by atoms with E-state index in [4.69, 9.17) is 4.74 Å². The average Bonchev–Trinajstić information content (AvgIpc) is 2.17. The Morgan fingerprint density at radius 1 is 1.64 bits per heavy atom. The smallest absolute Gasteiger partial charge is 0.372 e. The monoisotopic (exact) mass is 198 g/mol. The van der Waals surface area contributed by atoms with E-state index in [2.05, 4.69) is 15.3 Å². The summed E-state index contributed by atoms with van der Waals surface area (Å²) in [6.07, 6.45) is 1.21. The zero-order valence-corrected chi connectivity index (χ0v) is 7.85. The molecule has 0 bridgehead atoms. The second-order valence-electron chi connectivity index (χ2n) is 2.32. The maximum Gasteiger partial charge on any atom is 0.372 e. The molecule has 1 heterocycles. The van der Waals surface area contributed by atoms with Crippen molar-refractivity contribution in [2.24, 2.45) is 0 Å². The lowest BCUT2D eigenvalue weighted by Crippen LogP contribution is -2.05. The van der Waals surface area contributed by atoms with Crippen LogP contribution in [-0.4, -0.2) is 28.5 Å². The number of nitrogens with one attached hydrogen (secondary N) is 1. The van der Waals surface area contributed by atoms with Crippen molar-refractivity contribution in [1.29, 1.82) is 0 Å². The minimum absolute atomic E-state index is 0.0168. The van der Waals surface area contributed by atoms with Gasteiger partial charge in [-0.1, -0.05) is 0 Å². The highest BCUT2D eigenvalue weighted by molar-refractivity contribution is 5.60. The second kappa shape index (κ2) is 4.35. The third-order valence-electron chi connectivity index (χ3n) is 1.49. The third-order valence-corrected chi connectivity index (χ3v) is 1.49. The van der Waals surface area contributed by atoms with Gasteiger partial charge < -0.3 is 10.1 Å². The van der Waals surface area contributed by atoms with Crippen LogP contribution >= 0.6 is 0 Å². The summed E-state index contributed by atoms with van der Waals surface area (Å²) in [6, 6.07) is 0. The van der Waals surface area contributed by atoms with Gasteiger partial charge in [0.2, 0.25) is 5.82 Å². The summed E-state index contributed by atoms with van der Waals surface area (Å²) >= 11 is 0. The number of anilines is 1. The van der Waals surface area contributed by atoms with Crippen molar-refractivity contribution in [3.63, 3.8) is 0 Å². The molecule has 1 aromatic heterocycles. The largest absolute Gasteiger partial charge is 0.473 e.